The smallest absolute Gasteiger partial charge is 0.303 e. The van der Waals surface area contributed by atoms with Crippen LogP contribution in [0.1, 0.15) is 90.4 Å². The highest BCUT2D eigenvalue weighted by Gasteiger charge is 2.02. The molecule has 0 aromatic carbocycles. The highest BCUT2D eigenvalue weighted by atomic mass is 32.1. The molecule has 3 heteroatoms. The zero-order chi connectivity index (χ0) is 14.3. The van der Waals surface area contributed by atoms with E-state index in [4.69, 9.17) is 5.11 Å². The number of carboxylic acids is 1. The minimum absolute atomic E-state index is 0.332. The molecule has 0 saturated carbocycles. The van der Waals surface area contributed by atoms with Crippen LogP contribution in [0.2, 0.25) is 0 Å². The molecule has 0 amide bonds. The van der Waals surface area contributed by atoms with E-state index in [1.165, 1.54) is 64.2 Å². The average Bonchev–Trinajstić information content (AvgIpc) is 2.36. The molecule has 0 radical (unpaired) electrons. The Kier molecular flexibility index (Phi) is 14.1. The number of aliphatic carboxylic acids is 1. The molecule has 0 aromatic rings. The topological polar surface area (TPSA) is 37.3 Å². The monoisotopic (exact) mass is 288 g/mol. The number of carbonyl (C=O) groups is 1. The Morgan fingerprint density at radius 3 is 1.89 bits per heavy atom. The van der Waals surface area contributed by atoms with Gasteiger partial charge in [-0.1, -0.05) is 64.7 Å². The summed E-state index contributed by atoms with van der Waals surface area (Å²) in [6.45, 7) is 2.24. The minimum Gasteiger partial charge on any atom is -0.481 e. The molecule has 0 aromatic heterocycles. The lowest BCUT2D eigenvalue weighted by atomic mass is 10.0. The maximum absolute atomic E-state index is 10.3. The summed E-state index contributed by atoms with van der Waals surface area (Å²) in [5.74, 6) is -0.664. The van der Waals surface area contributed by atoms with Gasteiger partial charge < -0.3 is 5.11 Å². The zero-order valence-corrected chi connectivity index (χ0v) is 13.5. The Morgan fingerprint density at radius 1 is 0.895 bits per heavy atom. The fourth-order valence-corrected chi connectivity index (χ4v) is 2.68. The Morgan fingerprint density at radius 2 is 1.37 bits per heavy atom. The molecular weight excluding hydrogens is 256 g/mol. The maximum atomic E-state index is 10.3. The van der Waals surface area contributed by atoms with Crippen LogP contribution in [0.15, 0.2) is 0 Å². The molecule has 1 N–H and O–H groups in total. The Balaban J connectivity index is 3.11. The van der Waals surface area contributed by atoms with E-state index in [0.29, 0.717) is 11.7 Å². The van der Waals surface area contributed by atoms with Crippen LogP contribution in [-0.4, -0.2) is 16.3 Å². The van der Waals surface area contributed by atoms with Crippen molar-refractivity contribution in [2.45, 2.75) is 95.6 Å². The van der Waals surface area contributed by atoms with Gasteiger partial charge in [-0.3, -0.25) is 4.79 Å². The number of rotatable bonds is 14. The second kappa shape index (κ2) is 14.2. The molecule has 0 aliphatic rings. The maximum Gasteiger partial charge on any atom is 0.303 e. The Labute approximate surface area is 124 Å². The van der Waals surface area contributed by atoms with Crippen LogP contribution in [0.5, 0.6) is 0 Å². The van der Waals surface area contributed by atoms with Crippen LogP contribution in [0.4, 0.5) is 0 Å². The Bertz CT molecular complexity index is 207. The molecule has 0 bridgehead atoms. The van der Waals surface area contributed by atoms with E-state index < -0.39 is 5.97 Å². The number of carboxylic acid groups (broad SMARTS) is 1. The molecule has 0 saturated heterocycles. The lowest BCUT2D eigenvalue weighted by Gasteiger charge is -2.09. The van der Waals surface area contributed by atoms with Gasteiger partial charge in [0.2, 0.25) is 0 Å². The van der Waals surface area contributed by atoms with Gasteiger partial charge in [0, 0.05) is 11.7 Å². The third-order valence-corrected chi connectivity index (χ3v) is 4.09. The normalized spacial score (nSPS) is 12.5. The van der Waals surface area contributed by atoms with Crippen LogP contribution in [0.25, 0.3) is 0 Å². The van der Waals surface area contributed by atoms with E-state index in [0.717, 1.165) is 12.8 Å². The minimum atomic E-state index is -0.664. The third kappa shape index (κ3) is 15.8. The first-order valence-corrected chi connectivity index (χ1v) is 8.58. The second-order valence-corrected chi connectivity index (χ2v) is 6.29. The second-order valence-electron chi connectivity index (χ2n) is 5.56. The molecule has 0 spiro atoms. The van der Waals surface area contributed by atoms with E-state index in [1.807, 2.05) is 0 Å². The van der Waals surface area contributed by atoms with Gasteiger partial charge in [0.05, 0.1) is 0 Å². The van der Waals surface area contributed by atoms with Gasteiger partial charge in [0.1, 0.15) is 0 Å². The molecule has 0 rings (SSSR count). The molecule has 0 fully saturated rings. The van der Waals surface area contributed by atoms with Crippen molar-refractivity contribution >= 4 is 18.6 Å². The fourth-order valence-electron chi connectivity index (χ4n) is 2.31. The number of unbranched alkanes of at least 4 members (excludes halogenated alkanes) is 8. The van der Waals surface area contributed by atoms with E-state index in [9.17, 15) is 4.79 Å². The SMILES string of the molecule is CCCCCC(S)CCCCCCCCCC(=O)O. The first-order valence-electron chi connectivity index (χ1n) is 8.06. The van der Waals surface area contributed by atoms with Crippen molar-refractivity contribution in [1.29, 1.82) is 0 Å². The van der Waals surface area contributed by atoms with Crippen LogP contribution < -0.4 is 0 Å². The predicted molar refractivity (Wildman–Crippen MR) is 86.1 cm³/mol. The van der Waals surface area contributed by atoms with E-state index >= 15 is 0 Å². The summed E-state index contributed by atoms with van der Waals surface area (Å²) >= 11 is 4.64. The molecule has 114 valence electrons. The van der Waals surface area contributed by atoms with Crippen LogP contribution >= 0.6 is 12.6 Å². The average molecular weight is 288 g/mol. The van der Waals surface area contributed by atoms with Crippen molar-refractivity contribution in [3.63, 3.8) is 0 Å². The van der Waals surface area contributed by atoms with Crippen molar-refractivity contribution < 1.29 is 9.90 Å². The summed E-state index contributed by atoms with van der Waals surface area (Å²) in [7, 11) is 0. The summed E-state index contributed by atoms with van der Waals surface area (Å²) in [6.07, 6.45) is 15.1. The lowest BCUT2D eigenvalue weighted by molar-refractivity contribution is -0.137. The highest BCUT2D eigenvalue weighted by Crippen LogP contribution is 2.17. The van der Waals surface area contributed by atoms with Crippen LogP contribution in [0, 0.1) is 0 Å². The van der Waals surface area contributed by atoms with Gasteiger partial charge >= 0.3 is 5.97 Å². The zero-order valence-electron chi connectivity index (χ0n) is 12.6. The summed E-state index contributed by atoms with van der Waals surface area (Å²) in [5, 5.41) is 9.11. The quantitative estimate of drug-likeness (QED) is 0.329. The first-order chi connectivity index (χ1) is 9.16. The Hall–Kier alpha value is -0.180. The lowest BCUT2D eigenvalue weighted by Crippen LogP contribution is -1.98. The molecule has 0 heterocycles. The molecule has 19 heavy (non-hydrogen) atoms. The molecule has 1 atom stereocenters. The summed E-state index contributed by atoms with van der Waals surface area (Å²) in [4.78, 5) is 10.3. The van der Waals surface area contributed by atoms with Gasteiger partial charge in [-0.2, -0.15) is 12.6 Å². The van der Waals surface area contributed by atoms with Gasteiger partial charge in [0.15, 0.2) is 0 Å². The predicted octanol–water partition coefficient (Wildman–Crippen LogP) is 5.46. The van der Waals surface area contributed by atoms with Crippen molar-refractivity contribution in [2.24, 2.45) is 0 Å². The van der Waals surface area contributed by atoms with Crippen LogP contribution in [0.3, 0.4) is 0 Å². The van der Waals surface area contributed by atoms with Gasteiger partial charge in [0.25, 0.3) is 0 Å². The van der Waals surface area contributed by atoms with Crippen molar-refractivity contribution in [3.8, 4) is 0 Å². The summed E-state index contributed by atoms with van der Waals surface area (Å²) in [5.41, 5.74) is 0. The van der Waals surface area contributed by atoms with Crippen molar-refractivity contribution in [3.05, 3.63) is 0 Å². The fraction of sp³-hybridized carbons (Fsp3) is 0.938. The van der Waals surface area contributed by atoms with Gasteiger partial charge in [-0.15, -0.1) is 0 Å². The van der Waals surface area contributed by atoms with Crippen LogP contribution in [-0.2, 0) is 4.79 Å². The number of thiol groups is 1. The first kappa shape index (κ1) is 18.8. The third-order valence-electron chi connectivity index (χ3n) is 3.57. The summed E-state index contributed by atoms with van der Waals surface area (Å²) in [6, 6.07) is 0. The van der Waals surface area contributed by atoms with E-state index in [1.54, 1.807) is 0 Å². The molecular formula is C16H32O2S. The molecule has 0 aliphatic carbocycles. The van der Waals surface area contributed by atoms with Crippen molar-refractivity contribution in [1.82, 2.24) is 0 Å². The highest BCUT2D eigenvalue weighted by molar-refractivity contribution is 7.80. The largest absolute Gasteiger partial charge is 0.481 e. The summed E-state index contributed by atoms with van der Waals surface area (Å²) < 4.78 is 0. The molecule has 1 unspecified atom stereocenters. The van der Waals surface area contributed by atoms with Gasteiger partial charge in [-0.25, -0.2) is 0 Å². The van der Waals surface area contributed by atoms with E-state index in [2.05, 4.69) is 19.6 Å². The molecule has 2 nitrogen and oxygen atoms in total. The standard InChI is InChI=1S/C16H32O2S/c1-2-3-9-12-15(19)13-10-7-5-4-6-8-11-14-16(17)18/h15,19H,2-14H2,1H3,(H,17,18). The van der Waals surface area contributed by atoms with Gasteiger partial charge in [-0.05, 0) is 19.3 Å². The van der Waals surface area contributed by atoms with E-state index in [-0.39, 0.29) is 0 Å². The molecule has 0 aliphatic heterocycles. The van der Waals surface area contributed by atoms with Crippen molar-refractivity contribution in [2.75, 3.05) is 0 Å². The number of hydrogen-bond donors (Lipinski definition) is 2. The number of hydrogen-bond acceptors (Lipinski definition) is 2.